The number of carbonyl (C=O) groups excluding carboxylic acids is 1. The summed E-state index contributed by atoms with van der Waals surface area (Å²) >= 11 is 0. The van der Waals surface area contributed by atoms with Gasteiger partial charge in [0.05, 0.1) is 0 Å². The number of aryl methyl sites for hydroxylation is 2. The van der Waals surface area contributed by atoms with Gasteiger partial charge in [-0.2, -0.15) is 4.98 Å². The second-order valence-electron chi connectivity index (χ2n) is 7.26. The summed E-state index contributed by atoms with van der Waals surface area (Å²) in [4.78, 5) is 30.7. The van der Waals surface area contributed by atoms with Crippen LogP contribution in [-0.2, 0) is 13.1 Å². The number of aromatic nitrogens is 2. The van der Waals surface area contributed by atoms with Crippen LogP contribution in [0.5, 0.6) is 0 Å². The van der Waals surface area contributed by atoms with Crippen LogP contribution in [0.15, 0.2) is 35.1 Å². The van der Waals surface area contributed by atoms with E-state index < -0.39 is 0 Å². The standard InChI is InChI=1S/C21H28N4O2/c1-16-14-17(2)25(21(27)23-16)13-10-22-20(26)19-8-6-18(7-9-19)15-24-11-4-3-5-12-24/h6-9,14H,3-5,10-13,15H2,1-2H3,(H,22,26). The first-order chi connectivity index (χ1) is 13.0. The maximum absolute atomic E-state index is 12.3. The lowest BCUT2D eigenvalue weighted by Gasteiger charge is -2.26. The topological polar surface area (TPSA) is 67.2 Å². The van der Waals surface area contributed by atoms with Gasteiger partial charge in [-0.3, -0.25) is 14.3 Å². The molecule has 0 atom stereocenters. The molecule has 0 radical (unpaired) electrons. The Morgan fingerprint density at radius 2 is 1.81 bits per heavy atom. The van der Waals surface area contributed by atoms with Crippen LogP contribution in [0.4, 0.5) is 0 Å². The van der Waals surface area contributed by atoms with Gasteiger partial charge in [0.1, 0.15) is 0 Å². The van der Waals surface area contributed by atoms with E-state index in [1.54, 1.807) is 11.5 Å². The van der Waals surface area contributed by atoms with Crippen LogP contribution < -0.4 is 11.0 Å². The van der Waals surface area contributed by atoms with Gasteiger partial charge >= 0.3 is 5.69 Å². The number of hydrogen-bond donors (Lipinski definition) is 1. The highest BCUT2D eigenvalue weighted by Crippen LogP contribution is 2.13. The molecule has 1 aliphatic heterocycles. The Bertz CT molecular complexity index is 836. The predicted octanol–water partition coefficient (Wildman–Crippen LogP) is 2.28. The molecule has 0 spiro atoms. The van der Waals surface area contributed by atoms with Crippen LogP contribution in [-0.4, -0.2) is 40.0 Å². The molecule has 0 bridgehead atoms. The summed E-state index contributed by atoms with van der Waals surface area (Å²) in [6.07, 6.45) is 3.89. The van der Waals surface area contributed by atoms with Gasteiger partial charge in [0.15, 0.2) is 0 Å². The molecule has 2 heterocycles. The Morgan fingerprint density at radius 3 is 2.48 bits per heavy atom. The van der Waals surface area contributed by atoms with Crippen molar-refractivity contribution in [2.75, 3.05) is 19.6 Å². The van der Waals surface area contributed by atoms with E-state index in [4.69, 9.17) is 0 Å². The third kappa shape index (κ3) is 5.26. The van der Waals surface area contributed by atoms with Crippen LogP contribution in [0.2, 0.25) is 0 Å². The van der Waals surface area contributed by atoms with E-state index in [0.717, 1.165) is 25.3 Å². The highest BCUT2D eigenvalue weighted by molar-refractivity contribution is 5.94. The van der Waals surface area contributed by atoms with Crippen LogP contribution in [0.3, 0.4) is 0 Å². The van der Waals surface area contributed by atoms with Crippen LogP contribution >= 0.6 is 0 Å². The second kappa shape index (κ2) is 8.95. The molecular weight excluding hydrogens is 340 g/mol. The molecule has 6 nitrogen and oxygen atoms in total. The van der Waals surface area contributed by atoms with Gasteiger partial charge in [0.2, 0.25) is 0 Å². The summed E-state index contributed by atoms with van der Waals surface area (Å²) < 4.78 is 1.58. The smallest absolute Gasteiger partial charge is 0.348 e. The summed E-state index contributed by atoms with van der Waals surface area (Å²) in [5.74, 6) is -0.120. The Labute approximate surface area is 160 Å². The highest BCUT2D eigenvalue weighted by atomic mass is 16.2. The van der Waals surface area contributed by atoms with E-state index in [0.29, 0.717) is 24.3 Å². The minimum absolute atomic E-state index is 0.120. The van der Waals surface area contributed by atoms with Gasteiger partial charge in [-0.25, -0.2) is 4.79 Å². The van der Waals surface area contributed by atoms with Crippen molar-refractivity contribution in [3.8, 4) is 0 Å². The maximum atomic E-state index is 12.3. The lowest BCUT2D eigenvalue weighted by Crippen LogP contribution is -2.33. The molecule has 1 aromatic carbocycles. The van der Waals surface area contributed by atoms with Crippen LogP contribution in [0.25, 0.3) is 0 Å². The SMILES string of the molecule is Cc1cc(C)n(CCNC(=O)c2ccc(CN3CCCCC3)cc2)c(=O)n1. The molecule has 1 fully saturated rings. The Hall–Kier alpha value is -2.47. The zero-order valence-corrected chi connectivity index (χ0v) is 16.2. The third-order valence-electron chi connectivity index (χ3n) is 5.04. The normalized spacial score (nSPS) is 14.9. The predicted molar refractivity (Wildman–Crippen MR) is 106 cm³/mol. The monoisotopic (exact) mass is 368 g/mol. The lowest BCUT2D eigenvalue weighted by molar-refractivity contribution is 0.0952. The number of piperidine rings is 1. The zero-order valence-electron chi connectivity index (χ0n) is 16.2. The molecule has 27 heavy (non-hydrogen) atoms. The molecule has 1 aromatic heterocycles. The molecule has 144 valence electrons. The van der Waals surface area contributed by atoms with Crippen molar-refractivity contribution in [2.45, 2.75) is 46.2 Å². The van der Waals surface area contributed by atoms with Crippen molar-refractivity contribution in [3.05, 3.63) is 63.3 Å². The number of benzene rings is 1. The van der Waals surface area contributed by atoms with Crippen molar-refractivity contribution >= 4 is 5.91 Å². The average Bonchev–Trinajstić information content (AvgIpc) is 2.65. The number of carbonyl (C=O) groups is 1. The van der Waals surface area contributed by atoms with Crippen molar-refractivity contribution in [3.63, 3.8) is 0 Å². The van der Waals surface area contributed by atoms with Gasteiger partial charge in [0.25, 0.3) is 5.91 Å². The van der Waals surface area contributed by atoms with E-state index in [-0.39, 0.29) is 11.6 Å². The molecule has 1 amide bonds. The van der Waals surface area contributed by atoms with Gasteiger partial charge in [0, 0.05) is 36.6 Å². The summed E-state index contributed by atoms with van der Waals surface area (Å²) in [5, 5.41) is 2.88. The highest BCUT2D eigenvalue weighted by Gasteiger charge is 2.11. The quantitative estimate of drug-likeness (QED) is 0.849. The fourth-order valence-corrected chi connectivity index (χ4v) is 3.57. The summed E-state index contributed by atoms with van der Waals surface area (Å²) in [5.41, 5.74) is 3.17. The van der Waals surface area contributed by atoms with Gasteiger partial charge in [-0.1, -0.05) is 18.6 Å². The molecule has 2 aromatic rings. The number of nitrogens with zero attached hydrogens (tertiary/aromatic N) is 3. The fraction of sp³-hybridized carbons (Fsp3) is 0.476. The fourth-order valence-electron chi connectivity index (χ4n) is 3.57. The molecule has 0 aliphatic carbocycles. The van der Waals surface area contributed by atoms with E-state index in [9.17, 15) is 9.59 Å². The Balaban J connectivity index is 1.51. The third-order valence-corrected chi connectivity index (χ3v) is 5.04. The largest absolute Gasteiger partial charge is 0.350 e. The number of nitrogens with one attached hydrogen (secondary N) is 1. The number of amides is 1. The van der Waals surface area contributed by atoms with E-state index >= 15 is 0 Å². The summed E-state index contributed by atoms with van der Waals surface area (Å²) in [6, 6.07) is 9.67. The van der Waals surface area contributed by atoms with Crippen molar-refractivity contribution < 1.29 is 4.79 Å². The first-order valence-electron chi connectivity index (χ1n) is 9.67. The van der Waals surface area contributed by atoms with E-state index in [2.05, 4.69) is 15.2 Å². The molecule has 1 N–H and O–H groups in total. The first kappa shape index (κ1) is 19.3. The summed E-state index contributed by atoms with van der Waals surface area (Å²) in [7, 11) is 0. The molecular formula is C21H28N4O2. The zero-order chi connectivity index (χ0) is 19.2. The Kier molecular flexibility index (Phi) is 6.40. The second-order valence-corrected chi connectivity index (χ2v) is 7.26. The number of likely N-dealkylation sites (tertiary alicyclic amines) is 1. The van der Waals surface area contributed by atoms with Crippen LogP contribution in [0.1, 0.15) is 46.6 Å². The van der Waals surface area contributed by atoms with Gasteiger partial charge in [-0.05, 0) is 63.5 Å². The van der Waals surface area contributed by atoms with Crippen molar-refractivity contribution in [1.82, 2.24) is 19.8 Å². The molecule has 3 rings (SSSR count). The molecule has 6 heteroatoms. The first-order valence-corrected chi connectivity index (χ1v) is 9.67. The van der Waals surface area contributed by atoms with Gasteiger partial charge in [-0.15, -0.1) is 0 Å². The molecule has 1 saturated heterocycles. The molecule has 1 aliphatic rings. The maximum Gasteiger partial charge on any atom is 0.348 e. The van der Waals surface area contributed by atoms with E-state index in [1.165, 1.54) is 24.8 Å². The number of hydrogen-bond acceptors (Lipinski definition) is 4. The average molecular weight is 368 g/mol. The molecule has 0 saturated carbocycles. The van der Waals surface area contributed by atoms with Gasteiger partial charge < -0.3 is 5.32 Å². The van der Waals surface area contributed by atoms with E-state index in [1.807, 2.05) is 37.3 Å². The minimum atomic E-state index is -0.274. The lowest BCUT2D eigenvalue weighted by atomic mass is 10.1. The Morgan fingerprint density at radius 1 is 1.11 bits per heavy atom. The van der Waals surface area contributed by atoms with Crippen molar-refractivity contribution in [1.29, 1.82) is 0 Å². The molecule has 0 unspecified atom stereocenters. The van der Waals surface area contributed by atoms with Crippen LogP contribution in [0, 0.1) is 13.8 Å². The minimum Gasteiger partial charge on any atom is -0.350 e. The van der Waals surface area contributed by atoms with Crippen molar-refractivity contribution in [2.24, 2.45) is 0 Å². The number of rotatable bonds is 6. The summed E-state index contributed by atoms with van der Waals surface area (Å²) in [6.45, 7) is 7.75.